The summed E-state index contributed by atoms with van der Waals surface area (Å²) >= 11 is 1.32. The van der Waals surface area contributed by atoms with E-state index in [1.165, 1.54) is 25.6 Å². The first-order chi connectivity index (χ1) is 9.08. The third kappa shape index (κ3) is 2.60. The number of aryl methyl sites for hydroxylation is 2. The number of hydrogen-bond donors (Lipinski definition) is 1. The highest BCUT2D eigenvalue weighted by Gasteiger charge is 2.19. The number of nitrogens with one attached hydrogen (secondary N) is 1. The molecule has 0 aliphatic rings. The average Bonchev–Trinajstić information content (AvgIpc) is 2.92. The molecular formula is C11H16N4O3S. The van der Waals surface area contributed by atoms with Gasteiger partial charge in [-0.15, -0.1) is 10.2 Å². The molecule has 2 rings (SSSR count). The SMILES string of the molecule is COC(CNC(=O)c1sc2nnc(C)n2c1C)OC. The van der Waals surface area contributed by atoms with Gasteiger partial charge >= 0.3 is 0 Å². The van der Waals surface area contributed by atoms with Crippen LogP contribution >= 0.6 is 11.3 Å². The quantitative estimate of drug-likeness (QED) is 0.820. The van der Waals surface area contributed by atoms with Crippen LogP contribution in [0.4, 0.5) is 0 Å². The summed E-state index contributed by atoms with van der Waals surface area (Å²) in [5.41, 5.74) is 0.839. The van der Waals surface area contributed by atoms with Gasteiger partial charge in [0.05, 0.1) is 6.54 Å². The van der Waals surface area contributed by atoms with Crippen LogP contribution in [-0.2, 0) is 9.47 Å². The Morgan fingerprint density at radius 1 is 1.37 bits per heavy atom. The van der Waals surface area contributed by atoms with Crippen molar-refractivity contribution in [2.24, 2.45) is 0 Å². The van der Waals surface area contributed by atoms with Gasteiger partial charge in [0.2, 0.25) is 4.96 Å². The summed E-state index contributed by atoms with van der Waals surface area (Å²) in [6.45, 7) is 4.02. The van der Waals surface area contributed by atoms with Crippen molar-refractivity contribution in [3.05, 3.63) is 16.4 Å². The zero-order chi connectivity index (χ0) is 14.0. The van der Waals surface area contributed by atoms with Gasteiger partial charge in [0.15, 0.2) is 6.29 Å². The van der Waals surface area contributed by atoms with E-state index in [0.717, 1.165) is 16.5 Å². The van der Waals surface area contributed by atoms with E-state index in [-0.39, 0.29) is 5.91 Å². The summed E-state index contributed by atoms with van der Waals surface area (Å²) in [5.74, 6) is 0.612. The maximum absolute atomic E-state index is 12.1. The van der Waals surface area contributed by atoms with Crippen molar-refractivity contribution < 1.29 is 14.3 Å². The van der Waals surface area contributed by atoms with Crippen LogP contribution in [0.5, 0.6) is 0 Å². The van der Waals surface area contributed by atoms with Gasteiger partial charge in [-0.2, -0.15) is 0 Å². The van der Waals surface area contributed by atoms with E-state index in [9.17, 15) is 4.79 Å². The topological polar surface area (TPSA) is 77.8 Å². The van der Waals surface area contributed by atoms with Crippen LogP contribution in [-0.4, -0.2) is 47.6 Å². The predicted octanol–water partition coefficient (Wildman–Crippen LogP) is 0.756. The lowest BCUT2D eigenvalue weighted by atomic mass is 10.3. The number of amides is 1. The fourth-order valence-corrected chi connectivity index (χ4v) is 2.82. The number of hydrogen-bond acceptors (Lipinski definition) is 6. The Labute approximate surface area is 114 Å². The second kappa shape index (κ2) is 5.64. The Morgan fingerprint density at radius 2 is 2.05 bits per heavy atom. The number of thiazole rings is 1. The molecule has 1 N–H and O–H groups in total. The van der Waals surface area contributed by atoms with Crippen molar-refractivity contribution in [1.82, 2.24) is 19.9 Å². The molecule has 2 aromatic rings. The van der Waals surface area contributed by atoms with Gasteiger partial charge in [-0.1, -0.05) is 11.3 Å². The van der Waals surface area contributed by atoms with E-state index < -0.39 is 6.29 Å². The number of fused-ring (bicyclic) bond motifs is 1. The maximum atomic E-state index is 12.1. The van der Waals surface area contributed by atoms with E-state index in [1.807, 2.05) is 18.2 Å². The number of rotatable bonds is 5. The second-order valence-electron chi connectivity index (χ2n) is 3.99. The van der Waals surface area contributed by atoms with E-state index in [2.05, 4.69) is 15.5 Å². The molecule has 0 saturated carbocycles. The lowest BCUT2D eigenvalue weighted by molar-refractivity contribution is -0.0974. The molecule has 2 heterocycles. The maximum Gasteiger partial charge on any atom is 0.263 e. The first kappa shape index (κ1) is 13.9. The second-order valence-corrected chi connectivity index (χ2v) is 4.97. The molecule has 0 fully saturated rings. The fraction of sp³-hybridized carbons (Fsp3) is 0.545. The van der Waals surface area contributed by atoms with Gasteiger partial charge in [0, 0.05) is 19.9 Å². The van der Waals surface area contributed by atoms with E-state index in [4.69, 9.17) is 9.47 Å². The average molecular weight is 284 g/mol. The standard InChI is InChI=1S/C11H16N4O3S/c1-6-9(10(16)12-5-8(17-3)18-4)19-11-14-13-7(2)15(6)11/h8H,5H2,1-4H3,(H,12,16). The molecule has 0 unspecified atom stereocenters. The van der Waals surface area contributed by atoms with Crippen molar-refractivity contribution in [2.75, 3.05) is 20.8 Å². The van der Waals surface area contributed by atoms with Crippen LogP contribution in [0.15, 0.2) is 0 Å². The van der Waals surface area contributed by atoms with E-state index in [1.54, 1.807) is 0 Å². The molecule has 0 bridgehead atoms. The summed E-state index contributed by atoms with van der Waals surface area (Å²) < 4.78 is 11.9. The first-order valence-corrected chi connectivity index (χ1v) is 6.55. The molecule has 0 spiro atoms. The number of aromatic nitrogens is 3. The molecule has 0 aromatic carbocycles. The molecule has 8 heteroatoms. The third-order valence-corrected chi connectivity index (χ3v) is 3.95. The Morgan fingerprint density at radius 3 is 2.63 bits per heavy atom. The predicted molar refractivity (Wildman–Crippen MR) is 70.5 cm³/mol. The minimum Gasteiger partial charge on any atom is -0.354 e. The normalized spacial score (nSPS) is 11.4. The van der Waals surface area contributed by atoms with Gasteiger partial charge < -0.3 is 14.8 Å². The van der Waals surface area contributed by atoms with Crippen LogP contribution in [0.1, 0.15) is 21.2 Å². The van der Waals surface area contributed by atoms with Gasteiger partial charge in [0.1, 0.15) is 10.7 Å². The largest absolute Gasteiger partial charge is 0.354 e. The fourth-order valence-electron chi connectivity index (χ4n) is 1.79. The first-order valence-electron chi connectivity index (χ1n) is 5.73. The Balaban J connectivity index is 2.15. The van der Waals surface area contributed by atoms with Crippen LogP contribution in [0.2, 0.25) is 0 Å². The number of methoxy groups -OCH3 is 2. The summed E-state index contributed by atoms with van der Waals surface area (Å²) in [4.78, 5) is 13.4. The highest BCUT2D eigenvalue weighted by atomic mass is 32.1. The van der Waals surface area contributed by atoms with Crippen LogP contribution < -0.4 is 5.32 Å². The molecule has 0 aliphatic heterocycles. The van der Waals surface area contributed by atoms with Crippen LogP contribution in [0, 0.1) is 13.8 Å². The van der Waals surface area contributed by atoms with Crippen molar-refractivity contribution in [2.45, 2.75) is 20.1 Å². The number of ether oxygens (including phenoxy) is 2. The lowest BCUT2D eigenvalue weighted by Gasteiger charge is -2.13. The van der Waals surface area contributed by atoms with Crippen molar-refractivity contribution in [3.63, 3.8) is 0 Å². The Bertz CT molecular complexity index is 588. The third-order valence-electron chi connectivity index (χ3n) is 2.81. The molecule has 0 saturated heterocycles. The van der Waals surface area contributed by atoms with Gasteiger partial charge in [-0.25, -0.2) is 0 Å². The molecule has 0 radical (unpaired) electrons. The highest BCUT2D eigenvalue weighted by Crippen LogP contribution is 2.22. The summed E-state index contributed by atoms with van der Waals surface area (Å²) in [7, 11) is 3.06. The molecule has 104 valence electrons. The van der Waals surface area contributed by atoms with Crippen LogP contribution in [0.25, 0.3) is 4.96 Å². The minimum absolute atomic E-state index is 0.161. The zero-order valence-electron chi connectivity index (χ0n) is 11.3. The summed E-state index contributed by atoms with van der Waals surface area (Å²) in [6.07, 6.45) is -0.447. The minimum atomic E-state index is -0.447. The number of nitrogens with zero attached hydrogens (tertiary/aromatic N) is 3. The number of carbonyl (C=O) groups excluding carboxylic acids is 1. The van der Waals surface area contributed by atoms with Crippen molar-refractivity contribution >= 4 is 22.2 Å². The van der Waals surface area contributed by atoms with Crippen molar-refractivity contribution in [1.29, 1.82) is 0 Å². The Hall–Kier alpha value is -1.51. The monoisotopic (exact) mass is 284 g/mol. The molecule has 19 heavy (non-hydrogen) atoms. The molecule has 2 aromatic heterocycles. The lowest BCUT2D eigenvalue weighted by Crippen LogP contribution is -2.34. The zero-order valence-corrected chi connectivity index (χ0v) is 12.1. The highest BCUT2D eigenvalue weighted by molar-refractivity contribution is 7.19. The van der Waals surface area contributed by atoms with Crippen LogP contribution in [0.3, 0.4) is 0 Å². The van der Waals surface area contributed by atoms with Gasteiger partial charge in [-0.05, 0) is 13.8 Å². The molecular weight excluding hydrogens is 268 g/mol. The van der Waals surface area contributed by atoms with Gasteiger partial charge in [-0.3, -0.25) is 9.20 Å². The molecule has 7 nitrogen and oxygen atoms in total. The van der Waals surface area contributed by atoms with E-state index in [0.29, 0.717) is 11.4 Å². The summed E-state index contributed by atoms with van der Waals surface area (Å²) in [6, 6.07) is 0. The summed E-state index contributed by atoms with van der Waals surface area (Å²) in [5, 5.41) is 10.8. The van der Waals surface area contributed by atoms with E-state index >= 15 is 0 Å². The Kier molecular flexibility index (Phi) is 4.13. The van der Waals surface area contributed by atoms with Gasteiger partial charge in [0.25, 0.3) is 5.91 Å². The number of carbonyl (C=O) groups is 1. The molecule has 0 aliphatic carbocycles. The smallest absolute Gasteiger partial charge is 0.263 e. The molecule has 1 amide bonds. The molecule has 0 atom stereocenters. The van der Waals surface area contributed by atoms with Crippen molar-refractivity contribution in [3.8, 4) is 0 Å².